The standard InChI is InChI=1S/C16H9F5N2O2S/c17-11-6-5-10(13(18)15(11)20)14(19)16(21)22-26(24,25)23-8-7-9-3-1-2-4-12(9)23/h1-8,22H/b16-14-. The molecule has 0 bridgehead atoms. The van der Waals surface area contributed by atoms with Crippen LogP contribution in [0.25, 0.3) is 16.7 Å². The van der Waals surface area contributed by atoms with E-state index in [2.05, 4.69) is 0 Å². The number of nitrogens with one attached hydrogen (secondary N) is 1. The molecule has 0 fully saturated rings. The van der Waals surface area contributed by atoms with Crippen molar-refractivity contribution in [2.75, 3.05) is 0 Å². The van der Waals surface area contributed by atoms with E-state index >= 15 is 0 Å². The maximum atomic E-state index is 14.0. The minimum atomic E-state index is -4.62. The molecule has 1 aromatic heterocycles. The van der Waals surface area contributed by atoms with Gasteiger partial charge in [-0.3, -0.25) is 0 Å². The molecule has 0 spiro atoms. The van der Waals surface area contributed by atoms with Crippen molar-refractivity contribution in [1.29, 1.82) is 0 Å². The molecule has 1 heterocycles. The number of rotatable bonds is 4. The topological polar surface area (TPSA) is 51.1 Å². The van der Waals surface area contributed by atoms with Crippen LogP contribution in [0.2, 0.25) is 0 Å². The molecular formula is C16H9F5N2O2S. The normalized spacial score (nSPS) is 13.0. The highest BCUT2D eigenvalue weighted by Crippen LogP contribution is 2.26. The third kappa shape index (κ3) is 3.03. The maximum absolute atomic E-state index is 14.0. The van der Waals surface area contributed by atoms with Crippen molar-refractivity contribution in [2.24, 2.45) is 0 Å². The van der Waals surface area contributed by atoms with Gasteiger partial charge in [-0.05, 0) is 24.3 Å². The second-order valence-corrected chi connectivity index (χ2v) is 6.68. The lowest BCUT2D eigenvalue weighted by Gasteiger charge is -2.10. The largest absolute Gasteiger partial charge is 0.329 e. The van der Waals surface area contributed by atoms with Gasteiger partial charge in [0.2, 0.25) is 5.95 Å². The lowest BCUT2D eigenvalue weighted by molar-refractivity contribution is 0.442. The average molecular weight is 388 g/mol. The second kappa shape index (κ2) is 6.45. The summed E-state index contributed by atoms with van der Waals surface area (Å²) in [6, 6.07) is 8.49. The van der Waals surface area contributed by atoms with Crippen LogP contribution in [0.5, 0.6) is 0 Å². The monoisotopic (exact) mass is 388 g/mol. The zero-order valence-corrected chi connectivity index (χ0v) is 13.5. The molecule has 0 atom stereocenters. The smallest absolute Gasteiger partial charge is 0.239 e. The Bertz CT molecular complexity index is 1140. The van der Waals surface area contributed by atoms with Crippen molar-refractivity contribution in [2.45, 2.75) is 0 Å². The van der Waals surface area contributed by atoms with Gasteiger partial charge >= 0.3 is 10.2 Å². The Labute approximate surface area is 144 Å². The molecule has 0 radical (unpaired) electrons. The number of aromatic nitrogens is 1. The summed E-state index contributed by atoms with van der Waals surface area (Å²) in [6.07, 6.45) is 1.11. The summed E-state index contributed by atoms with van der Waals surface area (Å²) in [4.78, 5) is 0. The highest BCUT2D eigenvalue weighted by molar-refractivity contribution is 7.88. The van der Waals surface area contributed by atoms with Crippen LogP contribution in [0.1, 0.15) is 5.56 Å². The van der Waals surface area contributed by atoms with Crippen LogP contribution >= 0.6 is 0 Å². The Morgan fingerprint density at radius 2 is 1.62 bits per heavy atom. The van der Waals surface area contributed by atoms with Gasteiger partial charge in [-0.1, -0.05) is 18.2 Å². The van der Waals surface area contributed by atoms with Crippen LogP contribution in [-0.4, -0.2) is 12.4 Å². The lowest BCUT2D eigenvalue weighted by Crippen LogP contribution is -2.28. The number of nitrogens with zero attached hydrogens (tertiary/aromatic N) is 1. The summed E-state index contributed by atoms with van der Waals surface area (Å²) in [5.74, 6) is -9.69. The van der Waals surface area contributed by atoms with Crippen molar-refractivity contribution < 1.29 is 30.4 Å². The predicted molar refractivity (Wildman–Crippen MR) is 84.8 cm³/mol. The van der Waals surface area contributed by atoms with Crippen LogP contribution in [0.15, 0.2) is 54.6 Å². The van der Waals surface area contributed by atoms with Gasteiger partial charge in [0.05, 0.1) is 11.1 Å². The van der Waals surface area contributed by atoms with E-state index in [1.165, 1.54) is 22.9 Å². The SMILES string of the molecule is O=S(=O)(N/C(F)=C(\F)c1ccc(F)c(F)c1F)n1ccc2ccccc21. The lowest BCUT2D eigenvalue weighted by atomic mass is 10.2. The second-order valence-electron chi connectivity index (χ2n) is 5.13. The van der Waals surface area contributed by atoms with Crippen LogP contribution in [0.4, 0.5) is 22.0 Å². The molecule has 0 saturated heterocycles. The number of hydrogen-bond acceptors (Lipinski definition) is 2. The van der Waals surface area contributed by atoms with Gasteiger partial charge in [0.25, 0.3) is 0 Å². The molecule has 10 heteroatoms. The van der Waals surface area contributed by atoms with E-state index in [-0.39, 0.29) is 5.52 Å². The number of halogens is 5. The van der Waals surface area contributed by atoms with Crippen LogP contribution in [0, 0.1) is 17.5 Å². The first kappa shape index (κ1) is 17.9. The van der Waals surface area contributed by atoms with Gasteiger partial charge in [-0.25, -0.2) is 26.3 Å². The van der Waals surface area contributed by atoms with Gasteiger partial charge < -0.3 is 0 Å². The van der Waals surface area contributed by atoms with Gasteiger partial charge in [-0.15, -0.1) is 0 Å². The third-order valence-electron chi connectivity index (χ3n) is 3.51. The van der Waals surface area contributed by atoms with Gasteiger partial charge in [-0.2, -0.15) is 12.8 Å². The van der Waals surface area contributed by atoms with Crippen molar-refractivity contribution in [1.82, 2.24) is 8.69 Å². The molecular weight excluding hydrogens is 379 g/mol. The van der Waals surface area contributed by atoms with Gasteiger partial charge in [0, 0.05) is 11.6 Å². The Morgan fingerprint density at radius 3 is 2.35 bits per heavy atom. The fourth-order valence-electron chi connectivity index (χ4n) is 2.29. The summed E-state index contributed by atoms with van der Waals surface area (Å²) >= 11 is 0. The van der Waals surface area contributed by atoms with Crippen molar-refractivity contribution in [3.8, 4) is 0 Å². The zero-order chi connectivity index (χ0) is 19.1. The van der Waals surface area contributed by atoms with E-state index in [9.17, 15) is 30.4 Å². The number of fused-ring (bicyclic) bond motifs is 1. The minimum absolute atomic E-state index is 0.187. The van der Waals surface area contributed by atoms with Crippen molar-refractivity contribution in [3.63, 3.8) is 0 Å². The molecule has 0 aliphatic rings. The quantitative estimate of drug-likeness (QED) is 0.417. The van der Waals surface area contributed by atoms with Gasteiger partial charge in [0.1, 0.15) is 0 Å². The average Bonchev–Trinajstić information content (AvgIpc) is 3.04. The van der Waals surface area contributed by atoms with Crippen LogP contribution in [-0.2, 0) is 10.2 Å². The number of para-hydroxylation sites is 1. The summed E-state index contributed by atoms with van der Waals surface area (Å²) in [7, 11) is -4.62. The molecule has 3 aromatic rings. The Morgan fingerprint density at radius 1 is 0.923 bits per heavy atom. The Balaban J connectivity index is 2.01. The Hall–Kier alpha value is -2.88. The molecule has 26 heavy (non-hydrogen) atoms. The third-order valence-corrected chi connectivity index (χ3v) is 4.78. The fraction of sp³-hybridized carbons (Fsp3) is 0. The van der Waals surface area contributed by atoms with E-state index in [4.69, 9.17) is 0 Å². The first-order chi connectivity index (χ1) is 12.2. The molecule has 0 saturated carbocycles. The molecule has 136 valence electrons. The van der Waals surface area contributed by atoms with Gasteiger partial charge in [0.15, 0.2) is 23.3 Å². The van der Waals surface area contributed by atoms with E-state index in [0.29, 0.717) is 21.5 Å². The van der Waals surface area contributed by atoms with E-state index < -0.39 is 45.0 Å². The first-order valence-corrected chi connectivity index (χ1v) is 8.45. The highest BCUT2D eigenvalue weighted by atomic mass is 32.2. The highest BCUT2D eigenvalue weighted by Gasteiger charge is 2.23. The van der Waals surface area contributed by atoms with Crippen LogP contribution in [0.3, 0.4) is 0 Å². The molecule has 1 N–H and O–H groups in total. The molecule has 2 aromatic carbocycles. The molecule has 0 aliphatic carbocycles. The fourth-order valence-corrected chi connectivity index (χ4v) is 3.35. The van der Waals surface area contributed by atoms with Crippen LogP contribution < -0.4 is 4.72 Å². The minimum Gasteiger partial charge on any atom is -0.239 e. The van der Waals surface area contributed by atoms with E-state index in [1.54, 1.807) is 12.1 Å². The van der Waals surface area contributed by atoms with Crippen molar-refractivity contribution in [3.05, 3.63) is 77.6 Å². The molecule has 3 rings (SSSR count). The predicted octanol–water partition coefficient (Wildman–Crippen LogP) is 4.01. The van der Waals surface area contributed by atoms with E-state index in [0.717, 1.165) is 6.20 Å². The molecule has 4 nitrogen and oxygen atoms in total. The van der Waals surface area contributed by atoms with E-state index in [1.807, 2.05) is 0 Å². The van der Waals surface area contributed by atoms with Crippen molar-refractivity contribution >= 4 is 26.9 Å². The summed E-state index contributed by atoms with van der Waals surface area (Å²) in [5, 5.41) is 0.523. The maximum Gasteiger partial charge on any atom is 0.329 e. The number of hydrogen-bond donors (Lipinski definition) is 1. The zero-order valence-electron chi connectivity index (χ0n) is 12.7. The summed E-state index contributed by atoms with van der Waals surface area (Å²) in [6.45, 7) is 0. The first-order valence-electron chi connectivity index (χ1n) is 7.01. The Kier molecular flexibility index (Phi) is 4.45. The molecule has 0 aliphatic heterocycles. The summed E-state index contributed by atoms with van der Waals surface area (Å²) in [5.41, 5.74) is -1.08. The number of benzene rings is 2. The summed E-state index contributed by atoms with van der Waals surface area (Å²) < 4.78 is 94.0. The molecule has 0 unspecified atom stereocenters. The molecule has 0 amide bonds.